The average molecular weight is 325 g/mol. The van der Waals surface area contributed by atoms with Crippen molar-refractivity contribution < 1.29 is 9.53 Å². The molecule has 0 spiro atoms. The molecule has 1 amide bonds. The van der Waals surface area contributed by atoms with Gasteiger partial charge in [-0.1, -0.05) is 39.0 Å². The molecule has 0 aliphatic rings. The van der Waals surface area contributed by atoms with Gasteiger partial charge in [0, 0.05) is 24.4 Å². The number of hydrogen-bond acceptors (Lipinski definition) is 2. The SMILES string of the molecule is CC(C)Oc1cccc(N(C)C(=O)c2cccc(C(C)(C)C)c2)c1. The largest absolute Gasteiger partial charge is 0.491 e. The number of benzene rings is 2. The van der Waals surface area contributed by atoms with Gasteiger partial charge in [0.2, 0.25) is 0 Å². The highest BCUT2D eigenvalue weighted by Gasteiger charge is 2.18. The maximum absolute atomic E-state index is 12.8. The molecule has 0 unspecified atom stereocenters. The Morgan fingerprint density at radius 3 is 2.33 bits per heavy atom. The Bertz CT molecular complexity index is 714. The summed E-state index contributed by atoms with van der Waals surface area (Å²) in [6, 6.07) is 15.5. The number of hydrogen-bond donors (Lipinski definition) is 0. The van der Waals surface area contributed by atoms with Crippen molar-refractivity contribution in [3.05, 3.63) is 59.7 Å². The van der Waals surface area contributed by atoms with Crippen molar-refractivity contribution >= 4 is 11.6 Å². The Kier molecular flexibility index (Phi) is 5.33. The molecule has 128 valence electrons. The second kappa shape index (κ2) is 7.08. The molecule has 2 aromatic rings. The quantitative estimate of drug-likeness (QED) is 0.787. The van der Waals surface area contributed by atoms with Crippen LogP contribution in [-0.2, 0) is 5.41 Å². The zero-order chi connectivity index (χ0) is 17.9. The molecular formula is C21H27NO2. The van der Waals surface area contributed by atoms with Crippen molar-refractivity contribution in [3.63, 3.8) is 0 Å². The van der Waals surface area contributed by atoms with Crippen molar-refractivity contribution in [2.45, 2.75) is 46.1 Å². The number of carbonyl (C=O) groups excluding carboxylic acids is 1. The number of carbonyl (C=O) groups is 1. The number of nitrogens with zero attached hydrogens (tertiary/aromatic N) is 1. The third kappa shape index (κ3) is 4.38. The summed E-state index contributed by atoms with van der Waals surface area (Å²) in [7, 11) is 1.79. The molecule has 0 aromatic heterocycles. The van der Waals surface area contributed by atoms with E-state index in [1.165, 1.54) is 0 Å². The van der Waals surface area contributed by atoms with Gasteiger partial charge in [-0.05, 0) is 49.1 Å². The number of ether oxygens (including phenoxy) is 1. The molecule has 3 nitrogen and oxygen atoms in total. The normalized spacial score (nSPS) is 11.5. The molecule has 0 heterocycles. The summed E-state index contributed by atoms with van der Waals surface area (Å²) in [4.78, 5) is 14.5. The molecule has 0 aliphatic heterocycles. The van der Waals surface area contributed by atoms with Crippen molar-refractivity contribution in [1.29, 1.82) is 0 Å². The molecule has 24 heavy (non-hydrogen) atoms. The van der Waals surface area contributed by atoms with E-state index in [1.54, 1.807) is 11.9 Å². The van der Waals surface area contributed by atoms with Gasteiger partial charge < -0.3 is 9.64 Å². The first kappa shape index (κ1) is 18.1. The number of rotatable bonds is 4. The fraction of sp³-hybridized carbons (Fsp3) is 0.381. The van der Waals surface area contributed by atoms with Crippen molar-refractivity contribution in [2.75, 3.05) is 11.9 Å². The standard InChI is InChI=1S/C21H27NO2/c1-15(2)24-19-12-8-11-18(14-19)22(6)20(23)16-9-7-10-17(13-16)21(3,4)5/h7-15H,1-6H3. The summed E-state index contributed by atoms with van der Waals surface area (Å²) < 4.78 is 5.72. The molecule has 3 heteroatoms. The van der Waals surface area contributed by atoms with E-state index in [0.29, 0.717) is 5.56 Å². The second-order valence-electron chi connectivity index (χ2n) is 7.36. The van der Waals surface area contributed by atoms with Crippen LogP contribution in [0.5, 0.6) is 5.75 Å². The fourth-order valence-corrected chi connectivity index (χ4v) is 2.47. The summed E-state index contributed by atoms with van der Waals surface area (Å²) in [6.07, 6.45) is 0.102. The first-order valence-corrected chi connectivity index (χ1v) is 8.34. The predicted octanol–water partition coefficient (Wildman–Crippen LogP) is 5.05. The smallest absolute Gasteiger partial charge is 0.258 e. The summed E-state index contributed by atoms with van der Waals surface area (Å²) in [5.74, 6) is 0.744. The maximum Gasteiger partial charge on any atom is 0.258 e. The zero-order valence-electron chi connectivity index (χ0n) is 15.5. The maximum atomic E-state index is 12.8. The van der Waals surface area contributed by atoms with E-state index in [2.05, 4.69) is 26.8 Å². The summed E-state index contributed by atoms with van der Waals surface area (Å²) in [6.45, 7) is 10.4. The minimum absolute atomic E-state index is 0.0138. The number of amides is 1. The lowest BCUT2D eigenvalue weighted by atomic mass is 9.86. The molecule has 2 aromatic carbocycles. The van der Waals surface area contributed by atoms with Crippen LogP contribution in [0.25, 0.3) is 0 Å². The van der Waals surface area contributed by atoms with Crippen LogP contribution in [0.1, 0.15) is 50.5 Å². The van der Waals surface area contributed by atoms with Crippen LogP contribution >= 0.6 is 0 Å². The van der Waals surface area contributed by atoms with Crippen LogP contribution < -0.4 is 9.64 Å². The lowest BCUT2D eigenvalue weighted by Gasteiger charge is -2.22. The first-order chi connectivity index (χ1) is 11.2. The third-order valence-electron chi connectivity index (χ3n) is 3.86. The van der Waals surface area contributed by atoms with Crippen LogP contribution in [0.2, 0.25) is 0 Å². The highest BCUT2D eigenvalue weighted by Crippen LogP contribution is 2.25. The summed E-state index contributed by atoms with van der Waals surface area (Å²) >= 11 is 0. The molecule has 0 saturated heterocycles. The molecule has 0 saturated carbocycles. The Balaban J connectivity index is 2.27. The van der Waals surface area contributed by atoms with Gasteiger partial charge in [-0.2, -0.15) is 0 Å². The van der Waals surface area contributed by atoms with E-state index in [4.69, 9.17) is 4.74 Å². The van der Waals surface area contributed by atoms with E-state index in [1.807, 2.05) is 56.3 Å². The van der Waals surface area contributed by atoms with E-state index in [9.17, 15) is 4.79 Å². The van der Waals surface area contributed by atoms with Gasteiger partial charge in [-0.3, -0.25) is 4.79 Å². The van der Waals surface area contributed by atoms with Gasteiger partial charge in [0.25, 0.3) is 5.91 Å². The minimum Gasteiger partial charge on any atom is -0.491 e. The second-order valence-corrected chi connectivity index (χ2v) is 7.36. The summed E-state index contributed by atoms with van der Waals surface area (Å²) in [5, 5.41) is 0. The van der Waals surface area contributed by atoms with E-state index in [0.717, 1.165) is 17.0 Å². The average Bonchev–Trinajstić information content (AvgIpc) is 2.52. The molecule has 0 atom stereocenters. The molecule has 0 N–H and O–H groups in total. The van der Waals surface area contributed by atoms with Crippen LogP contribution in [0.4, 0.5) is 5.69 Å². The highest BCUT2D eigenvalue weighted by atomic mass is 16.5. The lowest BCUT2D eigenvalue weighted by molar-refractivity contribution is 0.0993. The fourth-order valence-electron chi connectivity index (χ4n) is 2.47. The topological polar surface area (TPSA) is 29.5 Å². The Hall–Kier alpha value is -2.29. The molecule has 0 radical (unpaired) electrons. The predicted molar refractivity (Wildman–Crippen MR) is 100 cm³/mol. The van der Waals surface area contributed by atoms with Crippen LogP contribution in [0.3, 0.4) is 0 Å². The van der Waals surface area contributed by atoms with Gasteiger partial charge in [0.1, 0.15) is 5.75 Å². The van der Waals surface area contributed by atoms with Gasteiger partial charge in [-0.25, -0.2) is 0 Å². The first-order valence-electron chi connectivity index (χ1n) is 8.34. The molecule has 0 bridgehead atoms. The van der Waals surface area contributed by atoms with Gasteiger partial charge in [0.05, 0.1) is 6.10 Å². The van der Waals surface area contributed by atoms with Gasteiger partial charge in [0.15, 0.2) is 0 Å². The lowest BCUT2D eigenvalue weighted by Crippen LogP contribution is -2.26. The Morgan fingerprint density at radius 2 is 1.71 bits per heavy atom. The minimum atomic E-state index is -0.0252. The van der Waals surface area contributed by atoms with Crippen LogP contribution in [-0.4, -0.2) is 19.1 Å². The zero-order valence-corrected chi connectivity index (χ0v) is 15.5. The van der Waals surface area contributed by atoms with Crippen LogP contribution in [0, 0.1) is 0 Å². The highest BCUT2D eigenvalue weighted by molar-refractivity contribution is 6.05. The van der Waals surface area contributed by atoms with Crippen molar-refractivity contribution in [3.8, 4) is 5.75 Å². The van der Waals surface area contributed by atoms with Crippen molar-refractivity contribution in [2.24, 2.45) is 0 Å². The monoisotopic (exact) mass is 325 g/mol. The summed E-state index contributed by atoms with van der Waals surface area (Å²) in [5.41, 5.74) is 2.68. The van der Waals surface area contributed by atoms with E-state index >= 15 is 0 Å². The Morgan fingerprint density at radius 1 is 1.04 bits per heavy atom. The molecular weight excluding hydrogens is 298 g/mol. The Labute approximate surface area is 145 Å². The molecule has 0 fully saturated rings. The van der Waals surface area contributed by atoms with Crippen molar-refractivity contribution in [1.82, 2.24) is 0 Å². The van der Waals surface area contributed by atoms with E-state index < -0.39 is 0 Å². The van der Waals surface area contributed by atoms with Crippen LogP contribution in [0.15, 0.2) is 48.5 Å². The molecule has 2 rings (SSSR count). The van der Waals surface area contributed by atoms with Gasteiger partial charge >= 0.3 is 0 Å². The molecule has 0 aliphatic carbocycles. The van der Waals surface area contributed by atoms with E-state index in [-0.39, 0.29) is 17.4 Å². The third-order valence-corrected chi connectivity index (χ3v) is 3.86. The number of anilines is 1. The van der Waals surface area contributed by atoms with Gasteiger partial charge in [-0.15, -0.1) is 0 Å².